The number of nitrogens with one attached hydrogen (secondary N) is 1. The van der Waals surface area contributed by atoms with Gasteiger partial charge >= 0.3 is 0 Å². The van der Waals surface area contributed by atoms with Crippen LogP contribution in [0.15, 0.2) is 36.5 Å². The van der Waals surface area contributed by atoms with Crippen molar-refractivity contribution in [3.8, 4) is 0 Å². The summed E-state index contributed by atoms with van der Waals surface area (Å²) in [5, 5.41) is 2.86. The average Bonchev–Trinajstić information content (AvgIpc) is 2.56. The minimum absolute atomic E-state index is 0.234. The fraction of sp³-hybridized carbons (Fsp3) is 0.312. The molecule has 1 amide bonds. The molecule has 2 aromatic rings. The van der Waals surface area contributed by atoms with Gasteiger partial charge in [-0.3, -0.25) is 4.79 Å². The van der Waals surface area contributed by atoms with E-state index in [4.69, 9.17) is 4.74 Å². The highest BCUT2D eigenvalue weighted by molar-refractivity contribution is 6.03. The fourth-order valence-corrected chi connectivity index (χ4v) is 2.31. The molecule has 0 atom stereocenters. The molecule has 1 saturated heterocycles. The zero-order chi connectivity index (χ0) is 15.4. The number of carbonyl (C=O) groups is 1. The van der Waals surface area contributed by atoms with Gasteiger partial charge in [-0.25, -0.2) is 9.97 Å². The molecule has 6 nitrogen and oxygen atoms in total. The molecular formula is C16H18N4O2. The fourth-order valence-electron chi connectivity index (χ4n) is 2.31. The first-order chi connectivity index (χ1) is 10.7. The van der Waals surface area contributed by atoms with Crippen LogP contribution >= 0.6 is 0 Å². The number of benzene rings is 1. The molecule has 114 valence electrons. The van der Waals surface area contributed by atoms with Gasteiger partial charge in [-0.1, -0.05) is 12.1 Å². The van der Waals surface area contributed by atoms with Gasteiger partial charge in [0.2, 0.25) is 5.95 Å². The van der Waals surface area contributed by atoms with E-state index in [1.165, 1.54) is 0 Å². The van der Waals surface area contributed by atoms with Crippen LogP contribution in [0, 0.1) is 6.92 Å². The highest BCUT2D eigenvalue weighted by Gasteiger charge is 2.16. The number of aryl methyl sites for hydroxylation is 1. The number of morpholine rings is 1. The predicted octanol–water partition coefficient (Wildman–Crippen LogP) is 1.87. The average molecular weight is 298 g/mol. The zero-order valence-corrected chi connectivity index (χ0v) is 12.5. The zero-order valence-electron chi connectivity index (χ0n) is 12.5. The molecular weight excluding hydrogens is 280 g/mol. The molecule has 0 unspecified atom stereocenters. The Bertz CT molecular complexity index is 669. The largest absolute Gasteiger partial charge is 0.378 e. The van der Waals surface area contributed by atoms with Crippen LogP contribution in [0.25, 0.3) is 0 Å². The molecule has 0 radical (unpaired) electrons. The third-order valence-corrected chi connectivity index (χ3v) is 3.45. The topological polar surface area (TPSA) is 67.4 Å². The molecule has 1 aromatic carbocycles. The Labute approximate surface area is 129 Å². The molecule has 1 fully saturated rings. The third-order valence-electron chi connectivity index (χ3n) is 3.45. The molecule has 1 aliphatic rings. The molecule has 1 aliphatic heterocycles. The van der Waals surface area contributed by atoms with Crippen LogP contribution < -0.4 is 10.2 Å². The quantitative estimate of drug-likeness (QED) is 0.937. The van der Waals surface area contributed by atoms with Crippen molar-refractivity contribution in [1.82, 2.24) is 9.97 Å². The molecule has 0 saturated carbocycles. The minimum atomic E-state index is -0.234. The lowest BCUT2D eigenvalue weighted by molar-refractivity contribution is 0.102. The van der Waals surface area contributed by atoms with Crippen LogP contribution in [-0.4, -0.2) is 42.2 Å². The Kier molecular flexibility index (Phi) is 4.29. The summed E-state index contributed by atoms with van der Waals surface area (Å²) in [5.74, 6) is 0.336. The number of rotatable bonds is 3. The Balaban J connectivity index is 1.75. The van der Waals surface area contributed by atoms with Gasteiger partial charge in [0, 0.05) is 25.0 Å². The maximum absolute atomic E-state index is 12.3. The molecule has 22 heavy (non-hydrogen) atoms. The van der Waals surface area contributed by atoms with Crippen molar-refractivity contribution < 1.29 is 9.53 Å². The lowest BCUT2D eigenvalue weighted by atomic mass is 10.2. The van der Waals surface area contributed by atoms with E-state index in [0.717, 1.165) is 24.3 Å². The van der Waals surface area contributed by atoms with Gasteiger partial charge in [0.1, 0.15) is 5.69 Å². The first kappa shape index (κ1) is 14.5. The van der Waals surface area contributed by atoms with Gasteiger partial charge in [0.05, 0.1) is 13.2 Å². The standard InChI is InChI=1S/C16H18N4O2/c1-12-3-2-4-13(11-12)18-15(21)14-5-6-17-16(19-14)20-7-9-22-10-8-20/h2-6,11H,7-10H2,1H3,(H,18,21). The predicted molar refractivity (Wildman–Crippen MR) is 84.2 cm³/mol. The first-order valence-corrected chi connectivity index (χ1v) is 7.26. The summed E-state index contributed by atoms with van der Waals surface area (Å²) in [6, 6.07) is 9.28. The number of aromatic nitrogens is 2. The van der Waals surface area contributed by atoms with Crippen molar-refractivity contribution in [2.45, 2.75) is 6.92 Å². The van der Waals surface area contributed by atoms with E-state index in [1.807, 2.05) is 36.1 Å². The number of anilines is 2. The van der Waals surface area contributed by atoms with Crippen LogP contribution in [0.3, 0.4) is 0 Å². The van der Waals surface area contributed by atoms with Crippen LogP contribution in [0.1, 0.15) is 16.1 Å². The number of hydrogen-bond acceptors (Lipinski definition) is 5. The van der Waals surface area contributed by atoms with E-state index in [9.17, 15) is 4.79 Å². The number of hydrogen-bond donors (Lipinski definition) is 1. The Morgan fingerprint density at radius 2 is 2.09 bits per heavy atom. The number of carbonyl (C=O) groups excluding carboxylic acids is 1. The molecule has 2 heterocycles. The van der Waals surface area contributed by atoms with Crippen LogP contribution in [-0.2, 0) is 4.74 Å². The lowest BCUT2D eigenvalue weighted by Crippen LogP contribution is -2.37. The van der Waals surface area contributed by atoms with Crippen molar-refractivity contribution in [3.63, 3.8) is 0 Å². The molecule has 1 aromatic heterocycles. The van der Waals surface area contributed by atoms with Gasteiger partial charge in [-0.15, -0.1) is 0 Å². The Morgan fingerprint density at radius 3 is 2.86 bits per heavy atom. The molecule has 0 spiro atoms. The lowest BCUT2D eigenvalue weighted by Gasteiger charge is -2.26. The summed E-state index contributed by atoms with van der Waals surface area (Å²) in [7, 11) is 0. The number of amides is 1. The van der Waals surface area contributed by atoms with Crippen molar-refractivity contribution in [3.05, 3.63) is 47.8 Å². The smallest absolute Gasteiger partial charge is 0.274 e. The van der Waals surface area contributed by atoms with Gasteiger partial charge in [-0.05, 0) is 30.7 Å². The highest BCUT2D eigenvalue weighted by atomic mass is 16.5. The van der Waals surface area contributed by atoms with Crippen LogP contribution in [0.5, 0.6) is 0 Å². The summed E-state index contributed by atoms with van der Waals surface area (Å²) in [6.07, 6.45) is 1.61. The number of ether oxygens (including phenoxy) is 1. The van der Waals surface area contributed by atoms with E-state index in [-0.39, 0.29) is 5.91 Å². The molecule has 3 rings (SSSR count). The Hall–Kier alpha value is -2.47. The van der Waals surface area contributed by atoms with Crippen LogP contribution in [0.4, 0.5) is 11.6 Å². The summed E-state index contributed by atoms with van der Waals surface area (Å²) in [5.41, 5.74) is 2.21. The monoisotopic (exact) mass is 298 g/mol. The van der Waals surface area contributed by atoms with Crippen molar-refractivity contribution >= 4 is 17.5 Å². The van der Waals surface area contributed by atoms with E-state index in [2.05, 4.69) is 15.3 Å². The van der Waals surface area contributed by atoms with Crippen molar-refractivity contribution in [2.75, 3.05) is 36.5 Å². The van der Waals surface area contributed by atoms with Gasteiger partial charge in [0.25, 0.3) is 5.91 Å². The Morgan fingerprint density at radius 1 is 1.27 bits per heavy atom. The second kappa shape index (κ2) is 6.53. The summed E-state index contributed by atoms with van der Waals surface area (Å²) in [6.45, 7) is 4.77. The SMILES string of the molecule is Cc1cccc(NC(=O)c2ccnc(N3CCOCC3)n2)c1. The second-order valence-corrected chi connectivity index (χ2v) is 5.16. The summed E-state index contributed by atoms with van der Waals surface area (Å²) >= 11 is 0. The highest BCUT2D eigenvalue weighted by Crippen LogP contribution is 2.13. The summed E-state index contributed by atoms with van der Waals surface area (Å²) in [4.78, 5) is 22.9. The van der Waals surface area contributed by atoms with Gasteiger partial charge < -0.3 is 15.0 Å². The van der Waals surface area contributed by atoms with E-state index in [1.54, 1.807) is 12.3 Å². The molecule has 0 aliphatic carbocycles. The van der Waals surface area contributed by atoms with Crippen LogP contribution in [0.2, 0.25) is 0 Å². The van der Waals surface area contributed by atoms with Crippen molar-refractivity contribution in [1.29, 1.82) is 0 Å². The van der Waals surface area contributed by atoms with Crippen molar-refractivity contribution in [2.24, 2.45) is 0 Å². The molecule has 1 N–H and O–H groups in total. The van der Waals surface area contributed by atoms with E-state index >= 15 is 0 Å². The van der Waals surface area contributed by atoms with E-state index in [0.29, 0.717) is 24.9 Å². The normalized spacial score (nSPS) is 14.7. The minimum Gasteiger partial charge on any atom is -0.378 e. The molecule has 0 bridgehead atoms. The first-order valence-electron chi connectivity index (χ1n) is 7.26. The third kappa shape index (κ3) is 3.40. The van der Waals surface area contributed by atoms with E-state index < -0.39 is 0 Å². The van der Waals surface area contributed by atoms with Gasteiger partial charge in [0.15, 0.2) is 0 Å². The summed E-state index contributed by atoms with van der Waals surface area (Å²) < 4.78 is 5.31. The maximum atomic E-state index is 12.3. The second-order valence-electron chi connectivity index (χ2n) is 5.16. The van der Waals surface area contributed by atoms with Gasteiger partial charge in [-0.2, -0.15) is 0 Å². The maximum Gasteiger partial charge on any atom is 0.274 e. The number of nitrogens with zero attached hydrogens (tertiary/aromatic N) is 3. The molecule has 6 heteroatoms.